The number of nitrogens with zero attached hydrogens (tertiary/aromatic N) is 2. The number of para-hydroxylation sites is 2. The molecule has 0 atom stereocenters. The lowest BCUT2D eigenvalue weighted by Crippen LogP contribution is -2.19. The van der Waals surface area contributed by atoms with Crippen molar-refractivity contribution in [3.63, 3.8) is 0 Å². The monoisotopic (exact) mass is 295 g/mol. The third-order valence-electron chi connectivity index (χ3n) is 3.57. The van der Waals surface area contributed by atoms with E-state index in [2.05, 4.69) is 10.3 Å². The van der Waals surface area contributed by atoms with Crippen LogP contribution < -0.4 is 5.32 Å². The molecule has 0 radical (unpaired) electrons. The number of amides is 1. The van der Waals surface area contributed by atoms with Gasteiger partial charge in [0, 0.05) is 0 Å². The first kappa shape index (κ1) is 14.1. The molecule has 0 aliphatic carbocycles. The molecular weight excluding hydrogens is 278 g/mol. The number of hydrogen-bond acceptors (Lipinski definition) is 3. The van der Waals surface area contributed by atoms with Gasteiger partial charge in [0.1, 0.15) is 18.1 Å². The highest BCUT2D eigenvalue weighted by Crippen LogP contribution is 2.24. The van der Waals surface area contributed by atoms with Crippen LogP contribution in [0.4, 0.5) is 5.69 Å². The molecule has 5 nitrogen and oxygen atoms in total. The van der Waals surface area contributed by atoms with Crippen LogP contribution in [0.25, 0.3) is 11.0 Å². The number of aromatic hydroxyl groups is 1. The van der Waals surface area contributed by atoms with Gasteiger partial charge in [-0.15, -0.1) is 0 Å². The number of benzene rings is 2. The van der Waals surface area contributed by atoms with E-state index in [1.54, 1.807) is 18.2 Å². The minimum Gasteiger partial charge on any atom is -0.506 e. The van der Waals surface area contributed by atoms with Gasteiger partial charge in [-0.2, -0.15) is 0 Å². The fourth-order valence-electron chi connectivity index (χ4n) is 2.48. The van der Waals surface area contributed by atoms with Gasteiger partial charge >= 0.3 is 0 Å². The number of carbonyl (C=O) groups is 1. The summed E-state index contributed by atoms with van der Waals surface area (Å²) in [6.45, 7) is 3.93. The van der Waals surface area contributed by atoms with Crippen LogP contribution in [0, 0.1) is 13.8 Å². The van der Waals surface area contributed by atoms with Gasteiger partial charge in [0.2, 0.25) is 5.91 Å². The summed E-state index contributed by atoms with van der Waals surface area (Å²) in [5, 5.41) is 12.5. The minimum absolute atomic E-state index is 0.0613. The average molecular weight is 295 g/mol. The Morgan fingerprint density at radius 3 is 2.82 bits per heavy atom. The SMILES string of the molecule is Cc1ccc(O)c(NC(=O)Cn2c(C)nc3ccccc32)c1. The summed E-state index contributed by atoms with van der Waals surface area (Å²) in [5.74, 6) is 0.642. The lowest BCUT2D eigenvalue weighted by Gasteiger charge is -2.10. The molecule has 0 aliphatic heterocycles. The molecule has 0 saturated carbocycles. The largest absolute Gasteiger partial charge is 0.506 e. The first-order valence-corrected chi connectivity index (χ1v) is 7.06. The Balaban J connectivity index is 1.84. The second-order valence-electron chi connectivity index (χ2n) is 5.30. The number of fused-ring (bicyclic) bond motifs is 1. The van der Waals surface area contributed by atoms with Crippen molar-refractivity contribution in [1.29, 1.82) is 0 Å². The molecule has 1 amide bonds. The van der Waals surface area contributed by atoms with Crippen LogP contribution in [0.3, 0.4) is 0 Å². The number of rotatable bonds is 3. The van der Waals surface area contributed by atoms with E-state index >= 15 is 0 Å². The number of aryl methyl sites for hydroxylation is 2. The molecule has 0 bridgehead atoms. The topological polar surface area (TPSA) is 67.2 Å². The van der Waals surface area contributed by atoms with Crippen LogP contribution in [0.15, 0.2) is 42.5 Å². The highest BCUT2D eigenvalue weighted by molar-refractivity contribution is 5.93. The van der Waals surface area contributed by atoms with E-state index in [0.29, 0.717) is 5.69 Å². The Labute approximate surface area is 128 Å². The zero-order valence-electron chi connectivity index (χ0n) is 12.5. The van der Waals surface area contributed by atoms with Gasteiger partial charge < -0.3 is 15.0 Å². The zero-order chi connectivity index (χ0) is 15.7. The number of phenolic OH excluding ortho intramolecular Hbond substituents is 1. The van der Waals surface area contributed by atoms with Crippen LogP contribution in [-0.2, 0) is 11.3 Å². The number of imidazole rings is 1. The van der Waals surface area contributed by atoms with Gasteiger partial charge in [-0.1, -0.05) is 18.2 Å². The molecule has 1 heterocycles. The van der Waals surface area contributed by atoms with E-state index in [9.17, 15) is 9.90 Å². The summed E-state index contributed by atoms with van der Waals surface area (Å²) in [5.41, 5.74) is 3.18. The van der Waals surface area contributed by atoms with Crippen molar-refractivity contribution >= 4 is 22.6 Å². The van der Waals surface area contributed by atoms with Gasteiger partial charge in [-0.05, 0) is 43.7 Å². The molecule has 0 spiro atoms. The first-order chi connectivity index (χ1) is 10.5. The standard InChI is InChI=1S/C17H17N3O2/c1-11-7-8-16(21)14(9-11)19-17(22)10-20-12(2)18-13-5-3-4-6-15(13)20/h3-9,21H,10H2,1-2H3,(H,19,22). The summed E-state index contributed by atoms with van der Waals surface area (Å²) in [4.78, 5) is 16.7. The summed E-state index contributed by atoms with van der Waals surface area (Å²) in [6, 6.07) is 12.8. The third kappa shape index (κ3) is 2.65. The van der Waals surface area contributed by atoms with Gasteiger partial charge in [-0.3, -0.25) is 4.79 Å². The van der Waals surface area contributed by atoms with Crippen LogP contribution in [0.5, 0.6) is 5.75 Å². The highest BCUT2D eigenvalue weighted by atomic mass is 16.3. The summed E-state index contributed by atoms with van der Waals surface area (Å²) in [7, 11) is 0. The van der Waals surface area contributed by atoms with Crippen molar-refractivity contribution in [1.82, 2.24) is 9.55 Å². The second kappa shape index (κ2) is 5.52. The van der Waals surface area contributed by atoms with Crippen molar-refractivity contribution in [2.24, 2.45) is 0 Å². The molecular formula is C17H17N3O2. The van der Waals surface area contributed by atoms with E-state index < -0.39 is 0 Å². The third-order valence-corrected chi connectivity index (χ3v) is 3.57. The van der Waals surface area contributed by atoms with Gasteiger partial charge in [0.15, 0.2) is 0 Å². The second-order valence-corrected chi connectivity index (χ2v) is 5.30. The van der Waals surface area contributed by atoms with Gasteiger partial charge in [0.25, 0.3) is 0 Å². The van der Waals surface area contributed by atoms with Crippen LogP contribution in [0.2, 0.25) is 0 Å². The molecule has 0 saturated heterocycles. The predicted octanol–water partition coefficient (Wildman–Crippen LogP) is 3.00. The molecule has 0 aliphatic rings. The lowest BCUT2D eigenvalue weighted by atomic mass is 10.2. The number of hydrogen-bond donors (Lipinski definition) is 2. The lowest BCUT2D eigenvalue weighted by molar-refractivity contribution is -0.116. The van der Waals surface area contributed by atoms with Crippen molar-refractivity contribution in [2.45, 2.75) is 20.4 Å². The Morgan fingerprint density at radius 1 is 1.23 bits per heavy atom. The quantitative estimate of drug-likeness (QED) is 0.730. The summed E-state index contributed by atoms with van der Waals surface area (Å²) < 4.78 is 1.86. The van der Waals surface area contributed by atoms with Crippen LogP contribution >= 0.6 is 0 Å². The van der Waals surface area contributed by atoms with E-state index in [1.165, 1.54) is 0 Å². The molecule has 5 heteroatoms. The normalized spacial score (nSPS) is 10.8. The molecule has 2 aromatic carbocycles. The van der Waals surface area contributed by atoms with E-state index in [0.717, 1.165) is 22.4 Å². The number of aromatic nitrogens is 2. The van der Waals surface area contributed by atoms with Crippen LogP contribution in [0.1, 0.15) is 11.4 Å². The summed E-state index contributed by atoms with van der Waals surface area (Å²) >= 11 is 0. The van der Waals surface area contributed by atoms with Gasteiger partial charge in [-0.25, -0.2) is 4.98 Å². The number of anilines is 1. The highest BCUT2D eigenvalue weighted by Gasteiger charge is 2.12. The zero-order valence-corrected chi connectivity index (χ0v) is 12.5. The molecule has 2 N–H and O–H groups in total. The van der Waals surface area contributed by atoms with E-state index in [1.807, 2.05) is 42.7 Å². The fourth-order valence-corrected chi connectivity index (χ4v) is 2.48. The van der Waals surface area contributed by atoms with Crippen LogP contribution in [-0.4, -0.2) is 20.6 Å². The number of nitrogens with one attached hydrogen (secondary N) is 1. The smallest absolute Gasteiger partial charge is 0.244 e. The molecule has 0 fully saturated rings. The molecule has 22 heavy (non-hydrogen) atoms. The molecule has 0 unspecified atom stereocenters. The maximum absolute atomic E-state index is 12.3. The maximum Gasteiger partial charge on any atom is 0.244 e. The Bertz CT molecular complexity index is 852. The van der Waals surface area contributed by atoms with Crippen molar-refractivity contribution in [3.8, 4) is 5.75 Å². The van der Waals surface area contributed by atoms with E-state index in [-0.39, 0.29) is 18.2 Å². The Morgan fingerprint density at radius 2 is 2.00 bits per heavy atom. The fraction of sp³-hybridized carbons (Fsp3) is 0.176. The van der Waals surface area contributed by atoms with Crippen molar-refractivity contribution in [3.05, 3.63) is 53.9 Å². The Kier molecular flexibility index (Phi) is 3.55. The predicted molar refractivity (Wildman–Crippen MR) is 85.9 cm³/mol. The van der Waals surface area contributed by atoms with E-state index in [4.69, 9.17) is 0 Å². The summed E-state index contributed by atoms with van der Waals surface area (Å²) in [6.07, 6.45) is 0. The van der Waals surface area contributed by atoms with Gasteiger partial charge in [0.05, 0.1) is 16.7 Å². The van der Waals surface area contributed by atoms with Crippen molar-refractivity contribution in [2.75, 3.05) is 5.32 Å². The Hall–Kier alpha value is -2.82. The number of carbonyl (C=O) groups excluding carboxylic acids is 1. The maximum atomic E-state index is 12.3. The van der Waals surface area contributed by atoms with Crippen molar-refractivity contribution < 1.29 is 9.90 Å². The average Bonchev–Trinajstić information content (AvgIpc) is 2.79. The molecule has 3 rings (SSSR count). The number of phenols is 1. The molecule has 3 aromatic rings. The minimum atomic E-state index is -0.202. The first-order valence-electron chi connectivity index (χ1n) is 7.06. The molecule has 112 valence electrons. The molecule has 1 aromatic heterocycles.